The fourth-order valence-electron chi connectivity index (χ4n) is 2.66. The summed E-state index contributed by atoms with van der Waals surface area (Å²) >= 11 is 6.04. The van der Waals surface area contributed by atoms with E-state index in [-0.39, 0.29) is 22.6 Å². The Labute approximate surface area is 164 Å². The van der Waals surface area contributed by atoms with Crippen LogP contribution >= 0.6 is 11.6 Å². The van der Waals surface area contributed by atoms with Gasteiger partial charge in [0, 0.05) is 36.5 Å². The molecule has 3 rings (SSSR count). The number of ketones is 1. The predicted octanol–water partition coefficient (Wildman–Crippen LogP) is 2.42. The highest BCUT2D eigenvalue weighted by atomic mass is 35.5. The quantitative estimate of drug-likeness (QED) is 0.540. The second-order valence-corrected chi connectivity index (χ2v) is 6.49. The fraction of sp³-hybridized carbons (Fsp3) is 0.100. The average Bonchev–Trinajstić information content (AvgIpc) is 2.71. The number of carbonyl (C=O) groups is 1. The van der Waals surface area contributed by atoms with Crippen molar-refractivity contribution in [1.29, 1.82) is 0 Å². The van der Waals surface area contributed by atoms with E-state index in [9.17, 15) is 19.5 Å². The molecule has 0 aliphatic carbocycles. The number of benzene rings is 2. The van der Waals surface area contributed by atoms with E-state index in [4.69, 9.17) is 11.6 Å². The molecular formula is C20H16ClN3O4. The molecule has 2 aromatic carbocycles. The first-order valence-electron chi connectivity index (χ1n) is 8.23. The van der Waals surface area contributed by atoms with Gasteiger partial charge in [0.25, 0.3) is 5.56 Å². The molecule has 28 heavy (non-hydrogen) atoms. The van der Waals surface area contributed by atoms with Crippen molar-refractivity contribution in [2.75, 3.05) is 0 Å². The first kappa shape index (κ1) is 19.3. The number of hydrogen-bond acceptors (Lipinski definition) is 5. The van der Waals surface area contributed by atoms with Gasteiger partial charge in [0.2, 0.25) is 5.88 Å². The van der Waals surface area contributed by atoms with E-state index in [0.717, 1.165) is 15.3 Å². The smallest absolute Gasteiger partial charge is 0.333 e. The maximum absolute atomic E-state index is 12.8. The summed E-state index contributed by atoms with van der Waals surface area (Å²) < 4.78 is 1.78. The average molecular weight is 398 g/mol. The molecule has 1 heterocycles. The van der Waals surface area contributed by atoms with Gasteiger partial charge >= 0.3 is 5.69 Å². The van der Waals surface area contributed by atoms with Gasteiger partial charge in [0.15, 0.2) is 5.78 Å². The third-order valence-electron chi connectivity index (χ3n) is 4.24. The number of rotatable bonds is 4. The third-order valence-corrected chi connectivity index (χ3v) is 4.48. The zero-order valence-electron chi connectivity index (χ0n) is 15.1. The third kappa shape index (κ3) is 3.52. The molecule has 0 saturated carbocycles. The Balaban J connectivity index is 2.12. The molecule has 0 aliphatic rings. The molecule has 1 aromatic heterocycles. The van der Waals surface area contributed by atoms with Crippen molar-refractivity contribution in [1.82, 2.24) is 9.13 Å². The first-order chi connectivity index (χ1) is 13.3. The van der Waals surface area contributed by atoms with E-state index in [1.165, 1.54) is 20.2 Å². The minimum Gasteiger partial charge on any atom is -0.494 e. The summed E-state index contributed by atoms with van der Waals surface area (Å²) in [6.45, 7) is 0. The number of nitrogens with zero attached hydrogens (tertiary/aromatic N) is 3. The van der Waals surface area contributed by atoms with E-state index in [1.54, 1.807) is 42.5 Å². The zero-order valence-corrected chi connectivity index (χ0v) is 15.8. The number of aromatic nitrogens is 2. The van der Waals surface area contributed by atoms with Crippen LogP contribution in [0, 0.1) is 0 Å². The molecular weight excluding hydrogens is 382 g/mol. The van der Waals surface area contributed by atoms with Gasteiger partial charge in [-0.05, 0) is 18.2 Å². The van der Waals surface area contributed by atoms with Crippen LogP contribution in [0.15, 0.2) is 63.1 Å². The second kappa shape index (κ2) is 7.66. The van der Waals surface area contributed by atoms with Crippen molar-refractivity contribution in [3.05, 3.63) is 91.1 Å². The lowest BCUT2D eigenvalue weighted by atomic mass is 10.0. The van der Waals surface area contributed by atoms with Crippen LogP contribution in [0.2, 0.25) is 5.02 Å². The van der Waals surface area contributed by atoms with Gasteiger partial charge in [-0.3, -0.25) is 23.7 Å². The van der Waals surface area contributed by atoms with E-state index in [1.807, 2.05) is 0 Å². The van der Waals surface area contributed by atoms with Gasteiger partial charge in [-0.2, -0.15) is 0 Å². The Hall–Kier alpha value is -3.45. The summed E-state index contributed by atoms with van der Waals surface area (Å²) in [6.07, 6.45) is 1.12. The SMILES string of the molecule is Cn1c(O)c(C=Nc2cc(Cl)ccc2C(=O)c2ccccc2)c(=O)n(C)c1=O. The van der Waals surface area contributed by atoms with Gasteiger partial charge in [-0.25, -0.2) is 4.79 Å². The molecule has 7 nitrogen and oxygen atoms in total. The lowest BCUT2D eigenvalue weighted by Gasteiger charge is -2.08. The minimum atomic E-state index is -0.706. The number of halogens is 1. The van der Waals surface area contributed by atoms with Crippen LogP contribution in [-0.4, -0.2) is 26.2 Å². The van der Waals surface area contributed by atoms with Crippen LogP contribution in [0.1, 0.15) is 21.5 Å². The lowest BCUT2D eigenvalue weighted by molar-refractivity contribution is 0.103. The summed E-state index contributed by atoms with van der Waals surface area (Å²) in [7, 11) is 2.63. The van der Waals surface area contributed by atoms with Gasteiger partial charge in [0.1, 0.15) is 5.56 Å². The largest absolute Gasteiger partial charge is 0.494 e. The highest BCUT2D eigenvalue weighted by molar-refractivity contribution is 6.31. The predicted molar refractivity (Wildman–Crippen MR) is 107 cm³/mol. The monoisotopic (exact) mass is 397 g/mol. The van der Waals surface area contributed by atoms with E-state index in [0.29, 0.717) is 10.6 Å². The number of aromatic hydroxyl groups is 1. The number of aliphatic imine (C=N–C) groups is 1. The van der Waals surface area contributed by atoms with E-state index >= 15 is 0 Å². The van der Waals surface area contributed by atoms with Gasteiger partial charge in [-0.15, -0.1) is 0 Å². The normalized spacial score (nSPS) is 11.1. The minimum absolute atomic E-state index is 0.178. The Bertz CT molecular complexity index is 1210. The topological polar surface area (TPSA) is 93.7 Å². The zero-order chi connectivity index (χ0) is 20.4. The second-order valence-electron chi connectivity index (χ2n) is 6.06. The van der Waals surface area contributed by atoms with Crippen molar-refractivity contribution in [2.45, 2.75) is 0 Å². The van der Waals surface area contributed by atoms with Crippen LogP contribution in [0.3, 0.4) is 0 Å². The van der Waals surface area contributed by atoms with Crippen LogP contribution in [0.5, 0.6) is 5.88 Å². The molecule has 0 radical (unpaired) electrons. The van der Waals surface area contributed by atoms with E-state index < -0.39 is 17.1 Å². The molecule has 0 spiro atoms. The van der Waals surface area contributed by atoms with Gasteiger partial charge in [-0.1, -0.05) is 41.9 Å². The molecule has 0 atom stereocenters. The van der Waals surface area contributed by atoms with E-state index in [2.05, 4.69) is 4.99 Å². The molecule has 1 N–H and O–H groups in total. The number of hydrogen-bond donors (Lipinski definition) is 1. The molecule has 0 saturated heterocycles. The van der Waals surface area contributed by atoms with Crippen molar-refractivity contribution in [3.63, 3.8) is 0 Å². The summed E-state index contributed by atoms with van der Waals surface area (Å²) in [5.74, 6) is -0.781. The molecule has 0 unspecified atom stereocenters. The highest BCUT2D eigenvalue weighted by Crippen LogP contribution is 2.26. The Morgan fingerprint density at radius 1 is 1.07 bits per heavy atom. The Morgan fingerprint density at radius 3 is 2.43 bits per heavy atom. The lowest BCUT2D eigenvalue weighted by Crippen LogP contribution is -2.38. The summed E-state index contributed by atoms with van der Waals surface area (Å²) in [5.41, 5.74) is -0.556. The summed E-state index contributed by atoms with van der Waals surface area (Å²) in [5, 5.41) is 10.5. The van der Waals surface area contributed by atoms with Crippen LogP contribution in [0.4, 0.5) is 5.69 Å². The first-order valence-corrected chi connectivity index (χ1v) is 8.61. The summed E-state index contributed by atoms with van der Waals surface area (Å²) in [6, 6.07) is 13.3. The molecule has 142 valence electrons. The van der Waals surface area contributed by atoms with Crippen molar-refractivity contribution in [2.24, 2.45) is 19.1 Å². The Kier molecular flexibility index (Phi) is 5.28. The standard InChI is InChI=1S/C20H16ClN3O4/c1-23-18(26)15(19(27)24(2)20(23)28)11-22-16-10-13(21)8-9-14(16)17(25)12-6-4-3-5-7-12/h3-11,26H,1-2H3. The molecule has 3 aromatic rings. The van der Waals surface area contributed by atoms with Crippen LogP contribution < -0.4 is 11.2 Å². The van der Waals surface area contributed by atoms with Crippen LogP contribution in [0.25, 0.3) is 0 Å². The molecule has 8 heteroatoms. The van der Waals surface area contributed by atoms with Crippen LogP contribution in [-0.2, 0) is 14.1 Å². The van der Waals surface area contributed by atoms with Crippen molar-refractivity contribution >= 4 is 29.3 Å². The molecule has 0 aliphatic heterocycles. The number of carbonyl (C=O) groups excluding carboxylic acids is 1. The van der Waals surface area contributed by atoms with Crippen molar-refractivity contribution in [3.8, 4) is 5.88 Å². The maximum atomic E-state index is 12.8. The Morgan fingerprint density at radius 2 is 1.75 bits per heavy atom. The fourth-order valence-corrected chi connectivity index (χ4v) is 2.82. The molecule has 0 fully saturated rings. The van der Waals surface area contributed by atoms with Crippen molar-refractivity contribution < 1.29 is 9.90 Å². The molecule has 0 amide bonds. The maximum Gasteiger partial charge on any atom is 0.333 e. The van der Waals surface area contributed by atoms with Gasteiger partial charge in [0.05, 0.1) is 5.69 Å². The summed E-state index contributed by atoms with van der Waals surface area (Å²) in [4.78, 5) is 41.1. The molecule has 0 bridgehead atoms. The van der Waals surface area contributed by atoms with Gasteiger partial charge < -0.3 is 5.11 Å². The highest BCUT2D eigenvalue weighted by Gasteiger charge is 2.16.